The van der Waals surface area contributed by atoms with E-state index >= 15 is 0 Å². The highest BCUT2D eigenvalue weighted by atomic mass is 16.5. The minimum absolute atomic E-state index is 0.221. The molecule has 3 fully saturated rings. The van der Waals surface area contributed by atoms with Crippen LogP contribution < -0.4 is 0 Å². The van der Waals surface area contributed by atoms with E-state index in [1.54, 1.807) is 13.8 Å². The van der Waals surface area contributed by atoms with Crippen LogP contribution in [0.1, 0.15) is 179 Å². The second kappa shape index (κ2) is 35.6. The zero-order chi connectivity index (χ0) is 45.5. The van der Waals surface area contributed by atoms with Crippen LogP contribution in [0.2, 0.25) is 0 Å². The van der Waals surface area contributed by atoms with Crippen LogP contribution in [-0.4, -0.2) is 115 Å². The molecule has 59 heavy (non-hydrogen) atoms. The molecule has 0 atom stereocenters. The van der Waals surface area contributed by atoms with Gasteiger partial charge >= 0.3 is 0 Å². The molecule has 2 aliphatic heterocycles. The number of hydrogen-bond donors (Lipinski definition) is 0. The molecular formula is C49H97N5O5. The van der Waals surface area contributed by atoms with Gasteiger partial charge in [-0.2, -0.15) is 4.98 Å². The average Bonchev–Trinajstić information content (AvgIpc) is 3.57. The Labute approximate surface area is 365 Å². The van der Waals surface area contributed by atoms with Gasteiger partial charge in [0.15, 0.2) is 5.82 Å². The molecule has 0 amide bonds. The van der Waals surface area contributed by atoms with Crippen LogP contribution in [0.15, 0.2) is 4.52 Å². The molecule has 0 bridgehead atoms. The smallest absolute Gasteiger partial charge is 0.223 e. The number of aryl methyl sites for hydroxylation is 1. The summed E-state index contributed by atoms with van der Waals surface area (Å²) in [6.45, 7) is 45.0. The van der Waals surface area contributed by atoms with Crippen molar-refractivity contribution in [1.29, 1.82) is 0 Å². The van der Waals surface area contributed by atoms with E-state index in [2.05, 4.69) is 101 Å². The first-order chi connectivity index (χ1) is 27.5. The first kappa shape index (κ1) is 59.1. The Bertz CT molecular complexity index is 1160. The second-order valence-corrected chi connectivity index (χ2v) is 19.8. The van der Waals surface area contributed by atoms with Crippen molar-refractivity contribution in [2.45, 2.75) is 174 Å². The predicted molar refractivity (Wildman–Crippen MR) is 249 cm³/mol. The van der Waals surface area contributed by atoms with E-state index in [0.29, 0.717) is 52.8 Å². The maximum Gasteiger partial charge on any atom is 0.223 e. The van der Waals surface area contributed by atoms with E-state index < -0.39 is 0 Å². The Balaban J connectivity index is 0. The first-order valence-electron chi connectivity index (χ1n) is 23.6. The fourth-order valence-corrected chi connectivity index (χ4v) is 5.97. The lowest BCUT2D eigenvalue weighted by Gasteiger charge is -2.33. The summed E-state index contributed by atoms with van der Waals surface area (Å²) in [6.07, 6.45) is 9.09. The monoisotopic (exact) mass is 836 g/mol. The Morgan fingerprint density at radius 1 is 0.644 bits per heavy atom. The number of hydrogen-bond acceptors (Lipinski definition) is 10. The Kier molecular flexibility index (Phi) is 35.6. The molecule has 1 aliphatic carbocycles. The number of ether oxygens (including phenoxy) is 1. The molecule has 2 saturated heterocycles. The van der Waals surface area contributed by atoms with Crippen molar-refractivity contribution in [2.75, 3.05) is 72.6 Å². The van der Waals surface area contributed by atoms with Crippen LogP contribution in [-0.2, 0) is 19.1 Å². The van der Waals surface area contributed by atoms with Crippen molar-refractivity contribution >= 4 is 17.3 Å². The van der Waals surface area contributed by atoms with Crippen LogP contribution in [0.5, 0.6) is 0 Å². The van der Waals surface area contributed by atoms with Crippen molar-refractivity contribution in [2.24, 2.45) is 41.4 Å². The molecule has 0 aromatic carbocycles. The highest BCUT2D eigenvalue weighted by molar-refractivity contribution is 5.81. The van der Waals surface area contributed by atoms with E-state index in [-0.39, 0.29) is 5.92 Å². The maximum atomic E-state index is 11.3. The molecule has 10 nitrogen and oxygen atoms in total. The topological polar surface area (TPSA) is 109 Å². The normalized spacial score (nSPS) is 16.3. The number of carbonyl (C=O) groups is 3. The first-order valence-corrected chi connectivity index (χ1v) is 23.6. The van der Waals surface area contributed by atoms with Gasteiger partial charge in [-0.05, 0) is 75.7 Å². The van der Waals surface area contributed by atoms with E-state index in [9.17, 15) is 14.4 Å². The second-order valence-electron chi connectivity index (χ2n) is 19.8. The number of carbonyl (C=O) groups excluding carboxylic acids is 3. The van der Waals surface area contributed by atoms with Crippen molar-refractivity contribution in [1.82, 2.24) is 24.8 Å². The summed E-state index contributed by atoms with van der Waals surface area (Å²) in [6, 6.07) is 0. The third-order valence-electron chi connectivity index (χ3n) is 10.2. The summed E-state index contributed by atoms with van der Waals surface area (Å²) < 4.78 is 10.0. The molecule has 1 aromatic rings. The zero-order valence-corrected chi connectivity index (χ0v) is 41.8. The average molecular weight is 836 g/mol. The van der Waals surface area contributed by atoms with Crippen LogP contribution in [0.4, 0.5) is 0 Å². The molecule has 10 heteroatoms. The molecule has 3 heterocycles. The molecule has 0 spiro atoms. The lowest BCUT2D eigenvalue weighted by molar-refractivity contribution is -0.125. The summed E-state index contributed by atoms with van der Waals surface area (Å²) in [5.41, 5.74) is 0. The Morgan fingerprint density at radius 2 is 1.10 bits per heavy atom. The summed E-state index contributed by atoms with van der Waals surface area (Å²) in [4.78, 5) is 44.2. The van der Waals surface area contributed by atoms with Gasteiger partial charge in [0, 0.05) is 96.3 Å². The van der Waals surface area contributed by atoms with Gasteiger partial charge < -0.3 is 23.9 Å². The van der Waals surface area contributed by atoms with E-state index in [1.807, 2.05) is 27.7 Å². The standard InChI is InChI=1S/C10H18O.C9H20N2.C9H18O.C8H17NO.C7H14O.C6H10N2O/c1-8(2)6-7-10(11)9-4-3-5-9;1-9(2)8-11-6-4-10(3)5-7-11;1-7(2)5-6-9(10)8(3)4;1-8(2)7-9-3-5-10-6-4-9;1-6(2)4-5-7(3)8;1-4(2)6-7-5(3)9-8-6/h8-9H,3-7H2,1-2H3;9H,4-8H2,1-3H3;7-8H,5-6H2,1-4H3;8H,3-7H2,1-2H3;6H,4-5H2,1-3H3;4H,1-3H3. The molecule has 1 aromatic heterocycles. The quantitative estimate of drug-likeness (QED) is 0.160. The van der Waals surface area contributed by atoms with Gasteiger partial charge in [-0.25, -0.2) is 0 Å². The van der Waals surface area contributed by atoms with Gasteiger partial charge in [-0.1, -0.05) is 109 Å². The Hall–Kier alpha value is -2.01. The van der Waals surface area contributed by atoms with E-state index in [1.165, 1.54) is 45.7 Å². The summed E-state index contributed by atoms with van der Waals surface area (Å²) >= 11 is 0. The third-order valence-corrected chi connectivity index (χ3v) is 10.2. The summed E-state index contributed by atoms with van der Waals surface area (Å²) in [7, 11) is 2.20. The number of ketones is 3. The van der Waals surface area contributed by atoms with E-state index in [4.69, 9.17) is 9.26 Å². The van der Waals surface area contributed by atoms with Crippen molar-refractivity contribution in [3.63, 3.8) is 0 Å². The number of rotatable bonds is 16. The molecule has 1 saturated carbocycles. The molecule has 0 radical (unpaired) electrons. The predicted octanol–water partition coefficient (Wildman–Crippen LogP) is 10.8. The fraction of sp³-hybridized carbons (Fsp3) is 0.898. The molecule has 4 rings (SSSR count). The van der Waals surface area contributed by atoms with Crippen LogP contribution >= 0.6 is 0 Å². The van der Waals surface area contributed by atoms with Gasteiger partial charge in [-0.15, -0.1) is 0 Å². The number of Topliss-reactive ketones (excluding diaryl/α,β-unsaturated/α-hetero) is 3. The minimum atomic E-state index is 0.221. The number of aromatic nitrogens is 2. The summed E-state index contributed by atoms with van der Waals surface area (Å²) in [5.74, 6) is 7.29. The van der Waals surface area contributed by atoms with Gasteiger partial charge in [-0.3, -0.25) is 14.5 Å². The maximum absolute atomic E-state index is 11.3. The van der Waals surface area contributed by atoms with Crippen LogP contribution in [0.25, 0.3) is 0 Å². The van der Waals surface area contributed by atoms with Gasteiger partial charge in [0.25, 0.3) is 0 Å². The zero-order valence-electron chi connectivity index (χ0n) is 41.8. The van der Waals surface area contributed by atoms with Crippen molar-refractivity contribution < 1.29 is 23.6 Å². The highest BCUT2D eigenvalue weighted by Crippen LogP contribution is 2.28. The molecule has 0 unspecified atom stereocenters. The van der Waals surface area contributed by atoms with Crippen LogP contribution in [0, 0.1) is 48.3 Å². The highest BCUT2D eigenvalue weighted by Gasteiger charge is 2.24. The number of likely N-dealkylation sites (N-methyl/N-ethyl adjacent to an activating group) is 1. The molecular weight excluding hydrogens is 739 g/mol. The van der Waals surface area contributed by atoms with Gasteiger partial charge in [0.2, 0.25) is 5.89 Å². The number of piperazine rings is 1. The number of morpholine rings is 1. The SMILES string of the molecule is CC(=O)CCC(C)C.CC(C)CCC(=O)C(C)C.CC(C)CCC(=O)C1CCC1.CC(C)CN1CCN(C)CC1.CC(C)CN1CCOCC1.Cc1nc(C(C)C)no1. The lowest BCUT2D eigenvalue weighted by atomic mass is 9.80. The third kappa shape index (κ3) is 37.5. The minimum Gasteiger partial charge on any atom is -0.379 e. The summed E-state index contributed by atoms with van der Waals surface area (Å²) in [5, 5.41) is 3.73. The molecule has 348 valence electrons. The van der Waals surface area contributed by atoms with Crippen molar-refractivity contribution in [3.05, 3.63) is 11.7 Å². The molecule has 0 N–H and O–H groups in total. The van der Waals surface area contributed by atoms with Gasteiger partial charge in [0.05, 0.1) is 13.2 Å². The van der Waals surface area contributed by atoms with Gasteiger partial charge in [0.1, 0.15) is 17.3 Å². The number of nitrogens with zero attached hydrogens (tertiary/aromatic N) is 5. The van der Waals surface area contributed by atoms with Crippen molar-refractivity contribution in [3.8, 4) is 0 Å². The fourth-order valence-electron chi connectivity index (χ4n) is 5.97. The van der Waals surface area contributed by atoms with Crippen LogP contribution in [0.3, 0.4) is 0 Å². The Morgan fingerprint density at radius 3 is 1.42 bits per heavy atom. The lowest BCUT2D eigenvalue weighted by Crippen LogP contribution is -2.45. The molecule has 3 aliphatic rings. The largest absolute Gasteiger partial charge is 0.379 e. The van der Waals surface area contributed by atoms with E-state index in [0.717, 1.165) is 95.3 Å².